The van der Waals surface area contributed by atoms with Crippen LogP contribution in [0.1, 0.15) is 5.69 Å². The molecule has 0 aromatic carbocycles. The van der Waals surface area contributed by atoms with Gasteiger partial charge in [0.05, 0.1) is 11.4 Å². The number of rotatable bonds is 6. The molecule has 116 valence electrons. The van der Waals surface area contributed by atoms with Crippen molar-refractivity contribution < 1.29 is 16.8 Å². The van der Waals surface area contributed by atoms with Crippen molar-refractivity contribution in [3.05, 3.63) is 5.69 Å². The molecule has 1 rings (SSSR count). The van der Waals surface area contributed by atoms with E-state index in [0.717, 1.165) is 4.31 Å². The third kappa shape index (κ3) is 3.48. The highest BCUT2D eigenvalue weighted by atomic mass is 32.2. The molecule has 0 fully saturated rings. The molecular formula is C9H19N5O4S2. The molecule has 0 aliphatic rings. The molecule has 1 heterocycles. The minimum absolute atomic E-state index is 0.118. The van der Waals surface area contributed by atoms with Gasteiger partial charge in [0.15, 0.2) is 5.82 Å². The number of aromatic nitrogens is 2. The fraction of sp³-hybridized carbons (Fsp3) is 0.667. The molecule has 0 unspecified atom stereocenters. The molecule has 0 saturated carbocycles. The lowest BCUT2D eigenvalue weighted by molar-refractivity contribution is 0.519. The Morgan fingerprint density at radius 3 is 2.25 bits per heavy atom. The topological polar surface area (TPSA) is 127 Å². The van der Waals surface area contributed by atoms with Gasteiger partial charge in [0.25, 0.3) is 0 Å². The lowest BCUT2D eigenvalue weighted by Crippen LogP contribution is -2.34. The normalized spacial score (nSPS) is 13.1. The standard InChI is InChI=1S/C9H19N5O4S2/c1-7-8(9(10)12-14(7)4)20(17,18)11-5-6-19(15,16)13(2)3/h11H,5-6H2,1-4H3,(H2,10,12). The van der Waals surface area contributed by atoms with Crippen molar-refractivity contribution in [3.8, 4) is 0 Å². The summed E-state index contributed by atoms with van der Waals surface area (Å²) in [5, 5.41) is 3.81. The van der Waals surface area contributed by atoms with Crippen LogP contribution in [0, 0.1) is 6.92 Å². The third-order valence-electron chi connectivity index (χ3n) is 2.78. The van der Waals surface area contributed by atoms with Gasteiger partial charge in [-0.15, -0.1) is 0 Å². The van der Waals surface area contributed by atoms with E-state index in [2.05, 4.69) is 9.82 Å². The molecule has 0 bridgehead atoms. The second-order valence-corrected chi connectivity index (χ2v) is 8.43. The summed E-state index contributed by atoms with van der Waals surface area (Å²) in [6.07, 6.45) is 0. The lowest BCUT2D eigenvalue weighted by atomic mass is 10.5. The number of nitrogens with one attached hydrogen (secondary N) is 1. The van der Waals surface area contributed by atoms with Crippen LogP contribution in [0.4, 0.5) is 5.82 Å². The molecule has 9 nitrogen and oxygen atoms in total. The zero-order chi connectivity index (χ0) is 15.7. The molecular weight excluding hydrogens is 306 g/mol. The van der Waals surface area contributed by atoms with E-state index < -0.39 is 20.0 Å². The highest BCUT2D eigenvalue weighted by Crippen LogP contribution is 2.20. The fourth-order valence-electron chi connectivity index (χ4n) is 1.51. The van der Waals surface area contributed by atoms with Crippen molar-refractivity contribution in [2.24, 2.45) is 7.05 Å². The van der Waals surface area contributed by atoms with E-state index in [9.17, 15) is 16.8 Å². The van der Waals surface area contributed by atoms with Gasteiger partial charge >= 0.3 is 0 Å². The monoisotopic (exact) mass is 325 g/mol. The van der Waals surface area contributed by atoms with Gasteiger partial charge in [-0.05, 0) is 6.92 Å². The second kappa shape index (κ2) is 5.68. The zero-order valence-electron chi connectivity index (χ0n) is 11.8. The van der Waals surface area contributed by atoms with Crippen LogP contribution >= 0.6 is 0 Å². The van der Waals surface area contributed by atoms with Gasteiger partial charge in [-0.1, -0.05) is 0 Å². The fourth-order valence-corrected chi connectivity index (χ4v) is 3.71. The van der Waals surface area contributed by atoms with E-state index >= 15 is 0 Å². The molecule has 0 saturated heterocycles. The maximum Gasteiger partial charge on any atom is 0.246 e. The lowest BCUT2D eigenvalue weighted by Gasteiger charge is -2.11. The van der Waals surface area contributed by atoms with E-state index in [1.807, 2.05) is 0 Å². The summed E-state index contributed by atoms with van der Waals surface area (Å²) < 4.78 is 51.9. The first-order valence-corrected chi connectivity index (χ1v) is 8.77. The first kappa shape index (κ1) is 16.9. The molecule has 0 aliphatic heterocycles. The van der Waals surface area contributed by atoms with Gasteiger partial charge < -0.3 is 5.73 Å². The number of sulfonamides is 2. The van der Waals surface area contributed by atoms with Crippen LogP contribution in [0.5, 0.6) is 0 Å². The van der Waals surface area contributed by atoms with Gasteiger partial charge in [-0.25, -0.2) is 25.9 Å². The van der Waals surface area contributed by atoms with Gasteiger partial charge in [0.1, 0.15) is 4.90 Å². The summed E-state index contributed by atoms with van der Waals surface area (Å²) in [6.45, 7) is 1.32. The van der Waals surface area contributed by atoms with Gasteiger partial charge in [0.2, 0.25) is 20.0 Å². The summed E-state index contributed by atoms with van der Waals surface area (Å²) in [7, 11) is -3.02. The zero-order valence-corrected chi connectivity index (χ0v) is 13.4. The van der Waals surface area contributed by atoms with Crippen molar-refractivity contribution >= 4 is 25.9 Å². The van der Waals surface area contributed by atoms with Crippen LogP contribution in [-0.4, -0.2) is 57.3 Å². The Morgan fingerprint density at radius 2 is 1.85 bits per heavy atom. The van der Waals surface area contributed by atoms with E-state index in [0.29, 0.717) is 5.69 Å². The summed E-state index contributed by atoms with van der Waals surface area (Å²) in [6, 6.07) is 0. The SMILES string of the molecule is Cc1c(S(=O)(=O)NCCS(=O)(=O)N(C)C)c(N)nn1C. The number of nitrogens with zero attached hydrogens (tertiary/aromatic N) is 3. The summed E-state index contributed by atoms with van der Waals surface area (Å²) >= 11 is 0. The van der Waals surface area contributed by atoms with E-state index in [1.165, 1.54) is 18.8 Å². The van der Waals surface area contributed by atoms with Gasteiger partial charge in [-0.3, -0.25) is 4.68 Å². The van der Waals surface area contributed by atoms with Crippen molar-refractivity contribution in [1.29, 1.82) is 0 Å². The number of nitrogen functional groups attached to an aromatic ring is 1. The first-order chi connectivity index (χ1) is 8.99. The second-order valence-electron chi connectivity index (χ2n) is 4.42. The van der Waals surface area contributed by atoms with Crippen molar-refractivity contribution in [2.75, 3.05) is 32.1 Å². The molecule has 0 aliphatic carbocycles. The molecule has 0 atom stereocenters. The quantitative estimate of drug-likeness (QED) is 0.654. The van der Waals surface area contributed by atoms with E-state index in [4.69, 9.17) is 5.73 Å². The minimum Gasteiger partial charge on any atom is -0.381 e. The van der Waals surface area contributed by atoms with Crippen molar-refractivity contribution in [2.45, 2.75) is 11.8 Å². The predicted molar refractivity (Wildman–Crippen MR) is 75.0 cm³/mol. The Labute approximate surface area is 118 Å². The van der Waals surface area contributed by atoms with Crippen LogP contribution in [0.25, 0.3) is 0 Å². The Kier molecular flexibility index (Phi) is 4.79. The van der Waals surface area contributed by atoms with Crippen LogP contribution in [-0.2, 0) is 27.1 Å². The largest absolute Gasteiger partial charge is 0.381 e. The number of nitrogens with two attached hydrogens (primary N) is 1. The van der Waals surface area contributed by atoms with Crippen molar-refractivity contribution in [3.63, 3.8) is 0 Å². The van der Waals surface area contributed by atoms with Crippen LogP contribution < -0.4 is 10.5 Å². The molecule has 20 heavy (non-hydrogen) atoms. The Balaban J connectivity index is 2.87. The maximum atomic E-state index is 12.1. The van der Waals surface area contributed by atoms with Crippen LogP contribution in [0.15, 0.2) is 4.90 Å². The molecule has 0 amide bonds. The Bertz CT molecular complexity index is 690. The number of aryl methyl sites for hydroxylation is 1. The van der Waals surface area contributed by atoms with Crippen molar-refractivity contribution in [1.82, 2.24) is 18.8 Å². The summed E-state index contributed by atoms with van der Waals surface area (Å²) in [4.78, 5) is -0.123. The number of hydrogen-bond acceptors (Lipinski definition) is 6. The Hall–Kier alpha value is -1.17. The predicted octanol–water partition coefficient (Wildman–Crippen LogP) is -1.52. The summed E-state index contributed by atoms with van der Waals surface area (Å²) in [5.41, 5.74) is 5.94. The molecule has 11 heteroatoms. The third-order valence-corrected chi connectivity index (χ3v) is 6.24. The minimum atomic E-state index is -3.89. The van der Waals surface area contributed by atoms with Gasteiger partial charge in [-0.2, -0.15) is 5.10 Å². The van der Waals surface area contributed by atoms with E-state index in [1.54, 1.807) is 14.0 Å². The number of hydrogen-bond donors (Lipinski definition) is 2. The molecule has 1 aromatic rings. The molecule has 0 radical (unpaired) electrons. The van der Waals surface area contributed by atoms with Gasteiger partial charge in [0, 0.05) is 27.7 Å². The highest BCUT2D eigenvalue weighted by Gasteiger charge is 2.25. The smallest absolute Gasteiger partial charge is 0.246 e. The average Bonchev–Trinajstić information content (AvgIpc) is 2.52. The number of anilines is 1. The Morgan fingerprint density at radius 1 is 1.30 bits per heavy atom. The summed E-state index contributed by atoms with van der Waals surface area (Å²) in [5.74, 6) is -0.452. The average molecular weight is 325 g/mol. The van der Waals surface area contributed by atoms with E-state index in [-0.39, 0.29) is 23.0 Å². The van der Waals surface area contributed by atoms with Crippen LogP contribution in [0.2, 0.25) is 0 Å². The molecule has 1 aromatic heterocycles. The maximum absolute atomic E-state index is 12.1. The highest BCUT2D eigenvalue weighted by molar-refractivity contribution is 7.90. The first-order valence-electron chi connectivity index (χ1n) is 5.68. The molecule has 3 N–H and O–H groups in total. The van der Waals surface area contributed by atoms with Crippen LogP contribution in [0.3, 0.4) is 0 Å². The molecule has 0 spiro atoms.